The number of benzene rings is 1. The molecule has 1 aromatic rings. The number of hydrogen-bond acceptors (Lipinski definition) is 5. The fourth-order valence-electron chi connectivity index (χ4n) is 2.98. The fraction of sp³-hybridized carbons (Fsp3) is 0.529. The summed E-state index contributed by atoms with van der Waals surface area (Å²) in [4.78, 5) is 23.5. The van der Waals surface area contributed by atoms with E-state index in [0.717, 1.165) is 17.5 Å². The molecule has 3 rings (SSSR count). The summed E-state index contributed by atoms with van der Waals surface area (Å²) in [6.45, 7) is 3.94. The Kier molecular flexibility index (Phi) is 4.93. The molecular weight excluding hydrogens is 298 g/mol. The minimum Gasteiger partial charge on any atom is -0.462 e. The van der Waals surface area contributed by atoms with Gasteiger partial charge >= 0.3 is 5.97 Å². The van der Waals surface area contributed by atoms with Gasteiger partial charge in [0.15, 0.2) is 6.29 Å². The first kappa shape index (κ1) is 16.0. The van der Waals surface area contributed by atoms with E-state index in [4.69, 9.17) is 14.2 Å². The van der Waals surface area contributed by atoms with Crippen LogP contribution in [0.25, 0.3) is 0 Å². The van der Waals surface area contributed by atoms with E-state index in [1.165, 1.54) is 0 Å². The molecule has 0 saturated carbocycles. The second-order valence-corrected chi connectivity index (χ2v) is 5.70. The number of nitrogens with one attached hydrogen (secondary N) is 1. The van der Waals surface area contributed by atoms with Gasteiger partial charge in [-0.2, -0.15) is 0 Å². The molecule has 2 aliphatic rings. The highest BCUT2D eigenvalue weighted by atomic mass is 16.7. The predicted molar refractivity (Wildman–Crippen MR) is 82.0 cm³/mol. The van der Waals surface area contributed by atoms with Gasteiger partial charge in [0, 0.05) is 24.4 Å². The SMILES string of the molecule is CCOC(=O)c1ccc(C2CNC(=O)C2)c(C2OCCCO2)c1. The lowest BCUT2D eigenvalue weighted by molar-refractivity contribution is -0.183. The van der Waals surface area contributed by atoms with Crippen LogP contribution < -0.4 is 5.32 Å². The summed E-state index contributed by atoms with van der Waals surface area (Å²) in [6.07, 6.45) is 0.801. The van der Waals surface area contributed by atoms with Crippen molar-refractivity contribution in [2.75, 3.05) is 26.4 Å². The quantitative estimate of drug-likeness (QED) is 0.858. The lowest BCUT2D eigenvalue weighted by Gasteiger charge is -2.27. The van der Waals surface area contributed by atoms with Crippen molar-refractivity contribution < 1.29 is 23.8 Å². The van der Waals surface area contributed by atoms with Gasteiger partial charge in [-0.15, -0.1) is 0 Å². The molecule has 6 nitrogen and oxygen atoms in total. The minimum absolute atomic E-state index is 0.0425. The first-order valence-electron chi connectivity index (χ1n) is 8.00. The van der Waals surface area contributed by atoms with E-state index in [0.29, 0.717) is 38.3 Å². The van der Waals surface area contributed by atoms with Crippen LogP contribution in [0.4, 0.5) is 0 Å². The van der Waals surface area contributed by atoms with E-state index >= 15 is 0 Å². The number of carbonyl (C=O) groups is 2. The van der Waals surface area contributed by atoms with Crippen LogP contribution >= 0.6 is 0 Å². The summed E-state index contributed by atoms with van der Waals surface area (Å²) in [6, 6.07) is 5.39. The maximum atomic E-state index is 12.0. The van der Waals surface area contributed by atoms with Crippen LogP contribution in [0.5, 0.6) is 0 Å². The summed E-state index contributed by atoms with van der Waals surface area (Å²) in [5.74, 6) is -0.250. The van der Waals surface area contributed by atoms with Crippen molar-refractivity contribution in [2.45, 2.75) is 32.0 Å². The number of amides is 1. The van der Waals surface area contributed by atoms with Gasteiger partial charge in [0.25, 0.3) is 0 Å². The fourth-order valence-corrected chi connectivity index (χ4v) is 2.98. The number of carbonyl (C=O) groups excluding carboxylic acids is 2. The van der Waals surface area contributed by atoms with E-state index in [9.17, 15) is 9.59 Å². The smallest absolute Gasteiger partial charge is 0.338 e. The number of hydrogen-bond donors (Lipinski definition) is 1. The van der Waals surface area contributed by atoms with E-state index in [1.807, 2.05) is 6.07 Å². The molecule has 0 radical (unpaired) electrons. The molecule has 1 aromatic carbocycles. The highest BCUT2D eigenvalue weighted by molar-refractivity contribution is 5.90. The molecule has 23 heavy (non-hydrogen) atoms. The Bertz CT molecular complexity index is 595. The Hall–Kier alpha value is -1.92. The molecule has 2 fully saturated rings. The zero-order valence-corrected chi connectivity index (χ0v) is 13.2. The molecule has 0 aliphatic carbocycles. The average molecular weight is 319 g/mol. The second kappa shape index (κ2) is 7.10. The molecular formula is C17H21NO5. The second-order valence-electron chi connectivity index (χ2n) is 5.70. The van der Waals surface area contributed by atoms with Crippen molar-refractivity contribution in [3.8, 4) is 0 Å². The Morgan fingerprint density at radius 1 is 1.30 bits per heavy atom. The first-order chi connectivity index (χ1) is 11.2. The van der Waals surface area contributed by atoms with Crippen molar-refractivity contribution in [3.63, 3.8) is 0 Å². The average Bonchev–Trinajstić information content (AvgIpc) is 3.01. The Morgan fingerprint density at radius 3 is 2.74 bits per heavy atom. The summed E-state index contributed by atoms with van der Waals surface area (Å²) < 4.78 is 16.5. The molecule has 2 saturated heterocycles. The van der Waals surface area contributed by atoms with Gasteiger partial charge in [0.1, 0.15) is 0 Å². The molecule has 2 aliphatic heterocycles. The third-order valence-electron chi connectivity index (χ3n) is 4.10. The third kappa shape index (κ3) is 3.54. The minimum atomic E-state index is -0.496. The standard InChI is InChI=1S/C17H21NO5/c1-2-21-16(20)11-4-5-13(12-9-15(19)18-10-12)14(8-11)17-22-6-3-7-23-17/h4-5,8,12,17H,2-3,6-7,9-10H2,1H3,(H,18,19). The van der Waals surface area contributed by atoms with E-state index in [1.54, 1.807) is 19.1 Å². The molecule has 1 N–H and O–H groups in total. The number of rotatable bonds is 4. The van der Waals surface area contributed by atoms with Gasteiger partial charge in [-0.05, 0) is 31.0 Å². The first-order valence-corrected chi connectivity index (χ1v) is 8.00. The van der Waals surface area contributed by atoms with Gasteiger partial charge in [0.2, 0.25) is 5.91 Å². The third-order valence-corrected chi connectivity index (χ3v) is 4.10. The van der Waals surface area contributed by atoms with Crippen molar-refractivity contribution >= 4 is 11.9 Å². The molecule has 1 atom stereocenters. The molecule has 6 heteroatoms. The highest BCUT2D eigenvalue weighted by Crippen LogP contribution is 2.34. The van der Waals surface area contributed by atoms with Crippen molar-refractivity contribution in [1.29, 1.82) is 0 Å². The summed E-state index contributed by atoms with van der Waals surface area (Å²) >= 11 is 0. The van der Waals surface area contributed by atoms with Crippen LogP contribution in [-0.2, 0) is 19.0 Å². The molecule has 0 aromatic heterocycles. The van der Waals surface area contributed by atoms with Crippen LogP contribution in [0.1, 0.15) is 53.5 Å². The predicted octanol–water partition coefficient (Wildman–Crippen LogP) is 1.90. The van der Waals surface area contributed by atoms with Crippen molar-refractivity contribution in [1.82, 2.24) is 5.32 Å². The van der Waals surface area contributed by atoms with E-state index < -0.39 is 6.29 Å². The monoisotopic (exact) mass is 319 g/mol. The zero-order chi connectivity index (χ0) is 16.2. The Balaban J connectivity index is 1.93. The van der Waals surface area contributed by atoms with Crippen molar-refractivity contribution in [3.05, 3.63) is 34.9 Å². The van der Waals surface area contributed by atoms with E-state index in [2.05, 4.69) is 5.32 Å². The maximum Gasteiger partial charge on any atom is 0.338 e. The molecule has 2 heterocycles. The molecule has 1 amide bonds. The summed E-state index contributed by atoms with van der Waals surface area (Å²) in [5.41, 5.74) is 2.28. The van der Waals surface area contributed by atoms with Crippen LogP contribution in [0.2, 0.25) is 0 Å². The van der Waals surface area contributed by atoms with Crippen LogP contribution in [0.3, 0.4) is 0 Å². The van der Waals surface area contributed by atoms with E-state index in [-0.39, 0.29) is 17.8 Å². The molecule has 1 unspecified atom stereocenters. The van der Waals surface area contributed by atoms with Gasteiger partial charge in [0.05, 0.1) is 25.4 Å². The maximum absolute atomic E-state index is 12.0. The lowest BCUT2D eigenvalue weighted by atomic mass is 9.91. The summed E-state index contributed by atoms with van der Waals surface area (Å²) in [5, 5.41) is 2.84. The van der Waals surface area contributed by atoms with Crippen LogP contribution in [0, 0.1) is 0 Å². The van der Waals surface area contributed by atoms with Crippen LogP contribution in [-0.4, -0.2) is 38.2 Å². The normalized spacial score (nSPS) is 22.0. The lowest BCUT2D eigenvalue weighted by Crippen LogP contribution is -2.21. The molecule has 0 spiro atoms. The molecule has 124 valence electrons. The number of ether oxygens (including phenoxy) is 3. The van der Waals surface area contributed by atoms with Gasteiger partial charge in [-0.1, -0.05) is 6.07 Å². The van der Waals surface area contributed by atoms with Gasteiger partial charge in [-0.3, -0.25) is 4.79 Å². The van der Waals surface area contributed by atoms with Crippen LogP contribution in [0.15, 0.2) is 18.2 Å². The molecule has 0 bridgehead atoms. The topological polar surface area (TPSA) is 73.9 Å². The Labute approximate surface area is 135 Å². The largest absolute Gasteiger partial charge is 0.462 e. The zero-order valence-electron chi connectivity index (χ0n) is 13.2. The van der Waals surface area contributed by atoms with Gasteiger partial charge in [-0.25, -0.2) is 4.79 Å². The van der Waals surface area contributed by atoms with Gasteiger partial charge < -0.3 is 19.5 Å². The van der Waals surface area contributed by atoms with Crippen molar-refractivity contribution in [2.24, 2.45) is 0 Å². The Morgan fingerprint density at radius 2 is 2.09 bits per heavy atom. The number of esters is 1. The summed E-state index contributed by atoms with van der Waals surface area (Å²) in [7, 11) is 0. The highest BCUT2D eigenvalue weighted by Gasteiger charge is 2.29.